The van der Waals surface area contributed by atoms with Gasteiger partial charge in [0.1, 0.15) is 0 Å². The van der Waals surface area contributed by atoms with Gasteiger partial charge in [0, 0.05) is 5.69 Å². The Morgan fingerprint density at radius 3 is 2.52 bits per heavy atom. The van der Waals surface area contributed by atoms with E-state index < -0.39 is 0 Å². The summed E-state index contributed by atoms with van der Waals surface area (Å²) in [6.07, 6.45) is 3.61. The van der Waals surface area contributed by atoms with Gasteiger partial charge in [-0.05, 0) is 51.2 Å². The van der Waals surface area contributed by atoms with Gasteiger partial charge in [0.25, 0.3) is 5.91 Å². The van der Waals surface area contributed by atoms with Crippen molar-refractivity contribution in [2.24, 2.45) is 0 Å². The topological polar surface area (TPSA) is 62.6 Å². The number of hydrogen-bond donors (Lipinski definition) is 3. The van der Waals surface area contributed by atoms with E-state index in [1.807, 2.05) is 32.0 Å². The lowest BCUT2D eigenvalue weighted by Gasteiger charge is -2.29. The Morgan fingerprint density at radius 2 is 1.87 bits per heavy atom. The van der Waals surface area contributed by atoms with Crippen LogP contribution < -0.4 is 15.5 Å². The highest BCUT2D eigenvalue weighted by atomic mass is 16.2. The number of hydrogen-bond acceptors (Lipinski definition) is 2. The molecule has 126 valence electrons. The van der Waals surface area contributed by atoms with Gasteiger partial charge in [-0.15, -0.1) is 0 Å². The molecule has 1 saturated heterocycles. The van der Waals surface area contributed by atoms with Crippen molar-refractivity contribution >= 4 is 17.5 Å². The molecule has 0 radical (unpaired) electrons. The zero-order valence-electron chi connectivity index (χ0n) is 14.4. The van der Waals surface area contributed by atoms with Crippen LogP contribution in [-0.2, 0) is 9.59 Å². The molecular formula is C18H28N3O2+. The molecule has 1 aromatic rings. The molecule has 2 rings (SSSR count). The first-order chi connectivity index (χ1) is 11.0. The second-order valence-electron chi connectivity index (χ2n) is 6.57. The SMILES string of the molecule is Cc1cccc(C)c1NC(=O)CNC(=O)C[NH+]1CCCC[C@H]1C. The van der Waals surface area contributed by atoms with Gasteiger partial charge in [-0.25, -0.2) is 0 Å². The molecule has 5 nitrogen and oxygen atoms in total. The molecule has 1 unspecified atom stereocenters. The summed E-state index contributed by atoms with van der Waals surface area (Å²) in [5.74, 6) is -0.233. The Bertz CT molecular complexity index is 551. The Morgan fingerprint density at radius 1 is 1.17 bits per heavy atom. The second kappa shape index (κ2) is 8.11. The minimum Gasteiger partial charge on any atom is -0.342 e. The van der Waals surface area contributed by atoms with Crippen LogP contribution in [0.15, 0.2) is 18.2 Å². The van der Waals surface area contributed by atoms with Crippen molar-refractivity contribution in [3.63, 3.8) is 0 Å². The Balaban J connectivity index is 1.78. The van der Waals surface area contributed by atoms with Crippen LogP contribution in [0.4, 0.5) is 5.69 Å². The summed E-state index contributed by atoms with van der Waals surface area (Å²) >= 11 is 0. The fourth-order valence-corrected chi connectivity index (χ4v) is 3.16. The van der Waals surface area contributed by atoms with Crippen LogP contribution in [0.25, 0.3) is 0 Å². The molecule has 2 amide bonds. The zero-order chi connectivity index (χ0) is 16.8. The van der Waals surface area contributed by atoms with Crippen molar-refractivity contribution < 1.29 is 14.5 Å². The maximum atomic E-state index is 12.0. The van der Waals surface area contributed by atoms with Crippen LogP contribution in [-0.4, -0.2) is 37.5 Å². The summed E-state index contributed by atoms with van der Waals surface area (Å²) in [6.45, 7) is 7.63. The maximum absolute atomic E-state index is 12.0. The van der Waals surface area contributed by atoms with Crippen LogP contribution in [0.5, 0.6) is 0 Å². The predicted octanol–water partition coefficient (Wildman–Crippen LogP) is 0.815. The predicted molar refractivity (Wildman–Crippen MR) is 91.6 cm³/mol. The lowest BCUT2D eigenvalue weighted by molar-refractivity contribution is -0.920. The van der Waals surface area contributed by atoms with Crippen molar-refractivity contribution in [2.45, 2.75) is 46.1 Å². The number of carbonyl (C=O) groups is 2. The molecule has 1 aromatic carbocycles. The van der Waals surface area contributed by atoms with E-state index in [1.54, 1.807) is 0 Å². The third kappa shape index (κ3) is 5.06. The zero-order valence-corrected chi connectivity index (χ0v) is 14.4. The van der Waals surface area contributed by atoms with E-state index in [2.05, 4.69) is 17.6 Å². The minimum absolute atomic E-state index is 0.0221. The van der Waals surface area contributed by atoms with Crippen molar-refractivity contribution in [3.8, 4) is 0 Å². The molecule has 3 N–H and O–H groups in total. The van der Waals surface area contributed by atoms with E-state index in [-0.39, 0.29) is 18.4 Å². The Hall–Kier alpha value is -1.88. The summed E-state index contributed by atoms with van der Waals surface area (Å²) in [7, 11) is 0. The molecule has 1 heterocycles. The molecule has 1 aliphatic heterocycles. The molecule has 1 aliphatic rings. The average Bonchev–Trinajstić information content (AvgIpc) is 2.51. The number of anilines is 1. The molecule has 2 atom stereocenters. The van der Waals surface area contributed by atoms with Crippen LogP contribution in [0.2, 0.25) is 0 Å². The fraction of sp³-hybridized carbons (Fsp3) is 0.556. The van der Waals surface area contributed by atoms with E-state index in [0.717, 1.165) is 23.4 Å². The van der Waals surface area contributed by atoms with Crippen molar-refractivity contribution in [1.29, 1.82) is 0 Å². The van der Waals surface area contributed by atoms with E-state index in [1.165, 1.54) is 24.2 Å². The van der Waals surface area contributed by atoms with Crippen molar-refractivity contribution in [1.82, 2.24) is 5.32 Å². The first-order valence-corrected chi connectivity index (χ1v) is 8.44. The number of amides is 2. The van der Waals surface area contributed by atoms with Crippen LogP contribution in [0.3, 0.4) is 0 Å². The van der Waals surface area contributed by atoms with E-state index in [4.69, 9.17) is 0 Å². The molecule has 0 bridgehead atoms. The largest absolute Gasteiger partial charge is 0.342 e. The summed E-state index contributed by atoms with van der Waals surface area (Å²) in [6, 6.07) is 6.41. The summed E-state index contributed by atoms with van der Waals surface area (Å²) in [5.41, 5.74) is 2.88. The highest BCUT2D eigenvalue weighted by molar-refractivity contribution is 5.95. The first-order valence-electron chi connectivity index (χ1n) is 8.44. The molecule has 23 heavy (non-hydrogen) atoms. The Kier molecular flexibility index (Phi) is 6.16. The van der Waals surface area contributed by atoms with Gasteiger partial charge in [0.15, 0.2) is 6.54 Å². The third-order valence-corrected chi connectivity index (χ3v) is 4.66. The number of rotatable bonds is 5. The number of carbonyl (C=O) groups excluding carboxylic acids is 2. The smallest absolute Gasteiger partial charge is 0.275 e. The Labute approximate surface area is 138 Å². The molecule has 0 aliphatic carbocycles. The van der Waals surface area contributed by atoms with Gasteiger partial charge in [0.2, 0.25) is 5.91 Å². The third-order valence-electron chi connectivity index (χ3n) is 4.66. The number of para-hydroxylation sites is 1. The average molecular weight is 318 g/mol. The van der Waals surface area contributed by atoms with Gasteiger partial charge in [0.05, 0.1) is 19.1 Å². The quantitative estimate of drug-likeness (QED) is 0.752. The molecule has 0 spiro atoms. The monoisotopic (exact) mass is 318 g/mol. The van der Waals surface area contributed by atoms with Crippen LogP contribution in [0.1, 0.15) is 37.3 Å². The van der Waals surface area contributed by atoms with Crippen LogP contribution in [0, 0.1) is 13.8 Å². The molecule has 5 heteroatoms. The first kappa shape index (κ1) is 17.5. The van der Waals surface area contributed by atoms with Gasteiger partial charge in [-0.3, -0.25) is 9.59 Å². The lowest BCUT2D eigenvalue weighted by atomic mass is 10.0. The van der Waals surface area contributed by atoms with E-state index in [0.29, 0.717) is 12.6 Å². The number of benzene rings is 1. The highest BCUT2D eigenvalue weighted by Gasteiger charge is 2.24. The van der Waals surface area contributed by atoms with Gasteiger partial charge in [-0.1, -0.05) is 18.2 Å². The summed E-state index contributed by atoms with van der Waals surface area (Å²) in [5, 5.41) is 5.62. The van der Waals surface area contributed by atoms with Crippen molar-refractivity contribution in [2.75, 3.05) is 25.0 Å². The number of nitrogens with one attached hydrogen (secondary N) is 3. The molecule has 1 fully saturated rings. The maximum Gasteiger partial charge on any atom is 0.275 e. The van der Waals surface area contributed by atoms with Gasteiger partial charge in [-0.2, -0.15) is 0 Å². The number of aryl methyl sites for hydroxylation is 2. The number of likely N-dealkylation sites (tertiary alicyclic amines) is 1. The molecular weight excluding hydrogens is 290 g/mol. The minimum atomic E-state index is -0.183. The molecule has 0 saturated carbocycles. The highest BCUT2D eigenvalue weighted by Crippen LogP contribution is 2.18. The normalized spacial score (nSPS) is 20.8. The van der Waals surface area contributed by atoms with Crippen molar-refractivity contribution in [3.05, 3.63) is 29.3 Å². The van der Waals surface area contributed by atoms with Gasteiger partial charge < -0.3 is 15.5 Å². The summed E-state index contributed by atoms with van der Waals surface area (Å²) in [4.78, 5) is 25.4. The summed E-state index contributed by atoms with van der Waals surface area (Å²) < 4.78 is 0. The second-order valence-corrected chi connectivity index (χ2v) is 6.57. The molecule has 0 aromatic heterocycles. The standard InChI is InChI=1S/C18H27N3O2/c1-13-7-6-8-14(2)18(13)20-16(22)11-19-17(23)12-21-10-5-4-9-15(21)3/h6-8,15H,4-5,9-12H2,1-3H3,(H,19,23)(H,20,22)/p+1/t15-/m1/s1. The van der Waals surface area contributed by atoms with E-state index in [9.17, 15) is 9.59 Å². The van der Waals surface area contributed by atoms with E-state index >= 15 is 0 Å². The van der Waals surface area contributed by atoms with Gasteiger partial charge >= 0.3 is 0 Å². The number of quaternary nitrogens is 1. The number of piperidine rings is 1. The fourth-order valence-electron chi connectivity index (χ4n) is 3.16. The lowest BCUT2D eigenvalue weighted by Crippen LogP contribution is -3.17. The van der Waals surface area contributed by atoms with Crippen LogP contribution >= 0.6 is 0 Å².